The molecule has 0 aromatic heterocycles. The molecular weight excluding hydrogens is 949 g/mol. The molecule has 0 heterocycles. The van der Waals surface area contributed by atoms with Crippen LogP contribution in [0.15, 0.2) is 36.5 Å². The van der Waals surface area contributed by atoms with Crippen LogP contribution in [-0.2, 0) is 28.6 Å². The molecule has 77 heavy (non-hydrogen) atoms. The minimum atomic E-state index is -0.769. The molecule has 1 unspecified atom stereocenters. The third-order valence-electron chi connectivity index (χ3n) is 15.6. The van der Waals surface area contributed by atoms with Crippen LogP contribution in [0.4, 0.5) is 0 Å². The first-order valence-electron chi connectivity index (χ1n) is 34.5. The second-order valence-electron chi connectivity index (χ2n) is 23.5. The first-order chi connectivity index (χ1) is 38.0. The van der Waals surface area contributed by atoms with Gasteiger partial charge in [-0.1, -0.05) is 340 Å². The fraction of sp³-hybridized carbons (Fsp3) is 0.873. The van der Waals surface area contributed by atoms with Crippen LogP contribution in [0.25, 0.3) is 0 Å². The van der Waals surface area contributed by atoms with Crippen molar-refractivity contribution >= 4 is 17.9 Å². The number of allylic oxidation sites excluding steroid dienone is 6. The van der Waals surface area contributed by atoms with E-state index in [1.54, 1.807) is 0 Å². The highest BCUT2D eigenvalue weighted by Crippen LogP contribution is 2.18. The largest absolute Gasteiger partial charge is 0.462 e. The molecule has 0 radical (unpaired) electrons. The predicted molar refractivity (Wildman–Crippen MR) is 335 cm³/mol. The second kappa shape index (κ2) is 66.1. The lowest BCUT2D eigenvalue weighted by atomic mass is 10.0. The van der Waals surface area contributed by atoms with E-state index in [0.29, 0.717) is 19.3 Å². The Morgan fingerprint density at radius 1 is 0.260 bits per heavy atom. The lowest BCUT2D eigenvalue weighted by molar-refractivity contribution is -0.167. The van der Waals surface area contributed by atoms with Crippen molar-refractivity contribution < 1.29 is 28.6 Å². The molecule has 0 saturated carbocycles. The molecule has 6 nitrogen and oxygen atoms in total. The van der Waals surface area contributed by atoms with E-state index >= 15 is 0 Å². The number of unbranched alkanes of at least 4 members (excludes halogenated alkanes) is 47. The van der Waals surface area contributed by atoms with Crippen LogP contribution < -0.4 is 0 Å². The molecule has 1 atom stereocenters. The zero-order valence-electron chi connectivity index (χ0n) is 52.0. The molecule has 0 rings (SSSR count). The maximum Gasteiger partial charge on any atom is 0.306 e. The number of ether oxygens (including phenoxy) is 3. The molecule has 6 heteroatoms. The molecule has 0 aromatic carbocycles. The van der Waals surface area contributed by atoms with Gasteiger partial charge < -0.3 is 14.2 Å². The van der Waals surface area contributed by atoms with E-state index in [1.807, 2.05) is 0 Å². The van der Waals surface area contributed by atoms with Gasteiger partial charge in [-0.2, -0.15) is 0 Å². The summed E-state index contributed by atoms with van der Waals surface area (Å²) in [6.07, 6.45) is 81.7. The standard InChI is InChI=1S/C71H132O6/c1-4-7-10-13-16-19-22-25-27-29-31-33-34-35-36-37-38-39-41-42-44-46-49-52-55-58-61-64-70(73)76-67-68(66-75-69(72)63-60-57-54-51-48-24-21-18-15-12-9-6-3)77-71(74)65-62-59-56-53-50-47-45-43-40-32-30-28-26-23-20-17-14-11-8-5-2/h22,25,29,31,34-35,68H,4-21,23-24,26-28,30,32-33,36-67H2,1-3H3/b25-22-,31-29-,35-34-. The Morgan fingerprint density at radius 2 is 0.468 bits per heavy atom. The number of hydrogen-bond donors (Lipinski definition) is 0. The average Bonchev–Trinajstić information content (AvgIpc) is 3.43. The van der Waals surface area contributed by atoms with Crippen LogP contribution in [0.3, 0.4) is 0 Å². The van der Waals surface area contributed by atoms with Crippen molar-refractivity contribution in [1.82, 2.24) is 0 Å². The molecule has 0 aliphatic carbocycles. The van der Waals surface area contributed by atoms with Gasteiger partial charge in [0, 0.05) is 19.3 Å². The van der Waals surface area contributed by atoms with Gasteiger partial charge >= 0.3 is 17.9 Å². The summed E-state index contributed by atoms with van der Waals surface area (Å²) in [6.45, 7) is 6.69. The lowest BCUT2D eigenvalue weighted by Crippen LogP contribution is -2.30. The van der Waals surface area contributed by atoms with Gasteiger partial charge in [-0.25, -0.2) is 0 Å². The number of carbonyl (C=O) groups excluding carboxylic acids is 3. The van der Waals surface area contributed by atoms with Crippen molar-refractivity contribution in [2.45, 2.75) is 386 Å². The molecule has 452 valence electrons. The smallest absolute Gasteiger partial charge is 0.306 e. The van der Waals surface area contributed by atoms with E-state index in [4.69, 9.17) is 14.2 Å². The zero-order valence-corrected chi connectivity index (χ0v) is 52.0. The minimum absolute atomic E-state index is 0.0662. The van der Waals surface area contributed by atoms with Gasteiger partial charge in [0.25, 0.3) is 0 Å². The van der Waals surface area contributed by atoms with Crippen LogP contribution in [0, 0.1) is 0 Å². The van der Waals surface area contributed by atoms with Crippen molar-refractivity contribution in [3.05, 3.63) is 36.5 Å². The van der Waals surface area contributed by atoms with Gasteiger partial charge in [0.05, 0.1) is 0 Å². The van der Waals surface area contributed by atoms with Gasteiger partial charge in [-0.3, -0.25) is 14.4 Å². The molecular formula is C71H132O6. The van der Waals surface area contributed by atoms with E-state index < -0.39 is 6.10 Å². The number of carbonyl (C=O) groups is 3. The topological polar surface area (TPSA) is 78.9 Å². The highest BCUT2D eigenvalue weighted by Gasteiger charge is 2.19. The van der Waals surface area contributed by atoms with Gasteiger partial charge in [-0.05, 0) is 57.8 Å². The van der Waals surface area contributed by atoms with Crippen LogP contribution >= 0.6 is 0 Å². The normalized spacial score (nSPS) is 12.2. The van der Waals surface area contributed by atoms with Crippen LogP contribution in [0.5, 0.6) is 0 Å². The minimum Gasteiger partial charge on any atom is -0.462 e. The second-order valence-corrected chi connectivity index (χ2v) is 23.5. The summed E-state index contributed by atoms with van der Waals surface area (Å²) in [7, 11) is 0. The number of hydrogen-bond acceptors (Lipinski definition) is 6. The maximum atomic E-state index is 12.9. The van der Waals surface area contributed by atoms with Crippen molar-refractivity contribution in [2.75, 3.05) is 13.2 Å². The molecule has 0 bridgehead atoms. The SMILES string of the molecule is CCCCCCC/C=C\C/C=C\C/C=C\CCCCCCCCCCCCCCC(=O)OCC(COC(=O)CCCCCCCCCCCCCC)OC(=O)CCCCCCCCCCCCCCCCCCCCCC. The first kappa shape index (κ1) is 74.6. The fourth-order valence-electron chi connectivity index (χ4n) is 10.5. The number of rotatable bonds is 64. The van der Waals surface area contributed by atoms with E-state index in [-0.39, 0.29) is 31.1 Å². The Labute approximate surface area is 480 Å². The molecule has 0 amide bonds. The van der Waals surface area contributed by atoms with E-state index in [1.165, 1.54) is 270 Å². The van der Waals surface area contributed by atoms with Gasteiger partial charge in [0.1, 0.15) is 13.2 Å². The summed E-state index contributed by atoms with van der Waals surface area (Å²) in [4.78, 5) is 38.4. The van der Waals surface area contributed by atoms with Crippen molar-refractivity contribution in [3.63, 3.8) is 0 Å². The van der Waals surface area contributed by atoms with Crippen LogP contribution in [0.1, 0.15) is 380 Å². The molecule has 0 aliphatic heterocycles. The molecule has 0 N–H and O–H groups in total. The molecule has 0 saturated heterocycles. The van der Waals surface area contributed by atoms with E-state index in [0.717, 1.165) is 70.6 Å². The Bertz CT molecular complexity index is 1290. The Hall–Kier alpha value is -2.37. The van der Waals surface area contributed by atoms with Crippen LogP contribution in [-0.4, -0.2) is 37.2 Å². The quantitative estimate of drug-likeness (QED) is 0.0261. The molecule has 0 spiro atoms. The molecule has 0 fully saturated rings. The van der Waals surface area contributed by atoms with E-state index in [9.17, 15) is 14.4 Å². The summed E-state index contributed by atoms with van der Waals surface area (Å²) in [5.74, 6) is -0.840. The van der Waals surface area contributed by atoms with Crippen molar-refractivity contribution in [3.8, 4) is 0 Å². The molecule has 0 aromatic rings. The lowest BCUT2D eigenvalue weighted by Gasteiger charge is -2.18. The van der Waals surface area contributed by atoms with Crippen molar-refractivity contribution in [1.29, 1.82) is 0 Å². The predicted octanol–water partition coefficient (Wildman–Crippen LogP) is 23.6. The third-order valence-corrected chi connectivity index (χ3v) is 15.6. The number of esters is 3. The summed E-state index contributed by atoms with van der Waals surface area (Å²) < 4.78 is 17.0. The van der Waals surface area contributed by atoms with Gasteiger partial charge in [-0.15, -0.1) is 0 Å². The van der Waals surface area contributed by atoms with Gasteiger partial charge in [0.15, 0.2) is 6.10 Å². The summed E-state index contributed by atoms with van der Waals surface area (Å²) >= 11 is 0. The first-order valence-corrected chi connectivity index (χ1v) is 34.5. The molecule has 0 aliphatic rings. The summed E-state index contributed by atoms with van der Waals surface area (Å²) in [5.41, 5.74) is 0. The summed E-state index contributed by atoms with van der Waals surface area (Å²) in [6, 6.07) is 0. The maximum absolute atomic E-state index is 12.9. The van der Waals surface area contributed by atoms with E-state index in [2.05, 4.69) is 57.2 Å². The Morgan fingerprint density at radius 3 is 0.727 bits per heavy atom. The fourth-order valence-corrected chi connectivity index (χ4v) is 10.5. The average molecular weight is 1080 g/mol. The Kier molecular flexibility index (Phi) is 64.1. The highest BCUT2D eigenvalue weighted by atomic mass is 16.6. The monoisotopic (exact) mass is 1080 g/mol. The Balaban J connectivity index is 4.21. The van der Waals surface area contributed by atoms with Crippen LogP contribution in [0.2, 0.25) is 0 Å². The van der Waals surface area contributed by atoms with Gasteiger partial charge in [0.2, 0.25) is 0 Å². The highest BCUT2D eigenvalue weighted by molar-refractivity contribution is 5.71. The third kappa shape index (κ3) is 64.3. The summed E-state index contributed by atoms with van der Waals surface area (Å²) in [5, 5.41) is 0. The van der Waals surface area contributed by atoms with Crippen molar-refractivity contribution in [2.24, 2.45) is 0 Å². The zero-order chi connectivity index (χ0) is 55.7.